The first-order valence-electron chi connectivity index (χ1n) is 9.36. The molecule has 0 saturated heterocycles. The number of methoxy groups -OCH3 is 1. The molecule has 1 heterocycles. The number of carboxylic acids is 1. The lowest BCUT2D eigenvalue weighted by molar-refractivity contribution is -0.152. The number of aliphatic carboxylic acids is 1. The number of para-hydroxylation sites is 1. The van der Waals surface area contributed by atoms with Crippen molar-refractivity contribution < 1.29 is 33.8 Å². The van der Waals surface area contributed by atoms with Crippen molar-refractivity contribution in [3.63, 3.8) is 0 Å². The Labute approximate surface area is 187 Å². The van der Waals surface area contributed by atoms with Crippen molar-refractivity contribution in [3.05, 3.63) is 53.1 Å². The predicted molar refractivity (Wildman–Crippen MR) is 115 cm³/mol. The lowest BCUT2D eigenvalue weighted by atomic mass is 9.89. The first kappa shape index (κ1) is 22.9. The summed E-state index contributed by atoms with van der Waals surface area (Å²) in [6.07, 6.45) is -0.815. The third-order valence-corrected chi connectivity index (χ3v) is 4.85. The van der Waals surface area contributed by atoms with Crippen molar-refractivity contribution in [1.82, 2.24) is 0 Å². The maximum absolute atomic E-state index is 13.2. The number of oxime groups is 1. The second-order valence-corrected chi connectivity index (χ2v) is 7.36. The van der Waals surface area contributed by atoms with Gasteiger partial charge < -0.3 is 30.5 Å². The van der Waals surface area contributed by atoms with E-state index in [-0.39, 0.29) is 30.2 Å². The standard InChI is InChI=1S/C21H20ClN3O7/c1-30-17-7-6-12(22)8-14(17)24-20(29)21(10-19(27)28)9-15(25-32-21)13-4-2-3-5-16(13)31-11-18(23)26/h2-8H,9-11H2,1H3,(H2,23,26)(H,24,29)(H,27,28)/t21-/m0/s1. The number of primary amides is 1. The van der Waals surface area contributed by atoms with E-state index in [1.54, 1.807) is 36.4 Å². The van der Waals surface area contributed by atoms with E-state index in [9.17, 15) is 19.5 Å². The smallest absolute Gasteiger partial charge is 0.308 e. The number of halogens is 1. The molecule has 2 aromatic rings. The Kier molecular flexibility index (Phi) is 6.84. The van der Waals surface area contributed by atoms with Crippen LogP contribution in [0.5, 0.6) is 11.5 Å². The minimum Gasteiger partial charge on any atom is -0.495 e. The molecule has 10 nitrogen and oxygen atoms in total. The van der Waals surface area contributed by atoms with Crippen LogP contribution < -0.4 is 20.5 Å². The van der Waals surface area contributed by atoms with Gasteiger partial charge in [0, 0.05) is 17.0 Å². The van der Waals surface area contributed by atoms with Crippen LogP contribution in [0.25, 0.3) is 0 Å². The summed E-state index contributed by atoms with van der Waals surface area (Å²) in [4.78, 5) is 41.2. The molecule has 1 aliphatic heterocycles. The van der Waals surface area contributed by atoms with Crippen LogP contribution in [-0.4, -0.2) is 47.9 Å². The molecular formula is C21H20ClN3O7. The number of nitrogens with two attached hydrogens (primary N) is 1. The Bertz CT molecular complexity index is 1090. The molecule has 0 unspecified atom stereocenters. The molecular weight excluding hydrogens is 442 g/mol. The molecule has 3 rings (SSSR count). The summed E-state index contributed by atoms with van der Waals surface area (Å²) < 4.78 is 10.6. The van der Waals surface area contributed by atoms with Gasteiger partial charge in [-0.05, 0) is 30.3 Å². The van der Waals surface area contributed by atoms with Crippen LogP contribution in [0.2, 0.25) is 5.02 Å². The van der Waals surface area contributed by atoms with Gasteiger partial charge in [0.1, 0.15) is 11.5 Å². The van der Waals surface area contributed by atoms with Crippen molar-refractivity contribution in [2.75, 3.05) is 19.0 Å². The number of ether oxygens (including phenoxy) is 2. The van der Waals surface area contributed by atoms with E-state index in [0.717, 1.165) is 0 Å². The molecule has 32 heavy (non-hydrogen) atoms. The lowest BCUT2D eigenvalue weighted by Crippen LogP contribution is -2.45. The monoisotopic (exact) mass is 461 g/mol. The minimum absolute atomic E-state index is 0.162. The van der Waals surface area contributed by atoms with Gasteiger partial charge in [-0.3, -0.25) is 14.4 Å². The predicted octanol–water partition coefficient (Wildman–Crippen LogP) is 2.19. The van der Waals surface area contributed by atoms with E-state index >= 15 is 0 Å². The number of benzene rings is 2. The number of hydrogen-bond acceptors (Lipinski definition) is 7. The summed E-state index contributed by atoms with van der Waals surface area (Å²) >= 11 is 6.01. The number of anilines is 1. The maximum Gasteiger partial charge on any atom is 0.308 e. The summed E-state index contributed by atoms with van der Waals surface area (Å²) in [6.45, 7) is -0.361. The van der Waals surface area contributed by atoms with Gasteiger partial charge in [0.05, 0.1) is 24.9 Å². The quantitative estimate of drug-likeness (QED) is 0.518. The molecule has 4 N–H and O–H groups in total. The van der Waals surface area contributed by atoms with Gasteiger partial charge in [-0.1, -0.05) is 28.9 Å². The molecule has 1 aliphatic rings. The molecule has 0 fully saturated rings. The highest BCUT2D eigenvalue weighted by Gasteiger charge is 2.49. The Morgan fingerprint density at radius 1 is 1.25 bits per heavy atom. The average molecular weight is 462 g/mol. The zero-order chi connectivity index (χ0) is 23.3. The lowest BCUT2D eigenvalue weighted by Gasteiger charge is -2.24. The van der Waals surface area contributed by atoms with Gasteiger partial charge in [0.15, 0.2) is 6.61 Å². The number of rotatable bonds is 9. The SMILES string of the molecule is COc1ccc(Cl)cc1NC(=O)[C@@]1(CC(=O)O)CC(c2ccccc2OCC(N)=O)=NO1. The number of carbonyl (C=O) groups excluding carboxylic acids is 2. The Balaban J connectivity index is 1.88. The van der Waals surface area contributed by atoms with Crippen LogP contribution in [-0.2, 0) is 19.2 Å². The molecule has 168 valence electrons. The number of amides is 2. The van der Waals surface area contributed by atoms with Crippen molar-refractivity contribution >= 4 is 40.8 Å². The second kappa shape index (κ2) is 9.56. The molecule has 0 radical (unpaired) electrons. The van der Waals surface area contributed by atoms with Crippen LogP contribution in [0.15, 0.2) is 47.6 Å². The Hall–Kier alpha value is -3.79. The first-order chi connectivity index (χ1) is 15.2. The number of carboxylic acid groups (broad SMARTS) is 1. The van der Waals surface area contributed by atoms with E-state index in [1.807, 2.05) is 0 Å². The fraction of sp³-hybridized carbons (Fsp3) is 0.238. The number of hydrogen-bond donors (Lipinski definition) is 3. The highest BCUT2D eigenvalue weighted by atomic mass is 35.5. The first-order valence-corrected chi connectivity index (χ1v) is 9.74. The summed E-state index contributed by atoms with van der Waals surface area (Å²) in [5.74, 6) is -2.04. The highest BCUT2D eigenvalue weighted by molar-refractivity contribution is 6.31. The van der Waals surface area contributed by atoms with Crippen molar-refractivity contribution in [2.24, 2.45) is 10.9 Å². The van der Waals surface area contributed by atoms with Gasteiger partial charge >= 0.3 is 5.97 Å². The zero-order valence-electron chi connectivity index (χ0n) is 17.0. The molecule has 0 aliphatic carbocycles. The minimum atomic E-state index is -1.83. The summed E-state index contributed by atoms with van der Waals surface area (Å²) in [7, 11) is 1.42. The highest BCUT2D eigenvalue weighted by Crippen LogP contribution is 2.36. The van der Waals surface area contributed by atoms with Gasteiger partial charge in [0.25, 0.3) is 11.8 Å². The molecule has 2 amide bonds. The van der Waals surface area contributed by atoms with Gasteiger partial charge in [-0.2, -0.15) is 0 Å². The fourth-order valence-corrected chi connectivity index (χ4v) is 3.33. The third kappa shape index (κ3) is 5.09. The van der Waals surface area contributed by atoms with Crippen LogP contribution in [0.1, 0.15) is 18.4 Å². The number of nitrogens with one attached hydrogen (secondary N) is 1. The van der Waals surface area contributed by atoms with Gasteiger partial charge in [0.2, 0.25) is 5.60 Å². The van der Waals surface area contributed by atoms with E-state index in [2.05, 4.69) is 10.5 Å². The molecule has 0 spiro atoms. The molecule has 0 aromatic heterocycles. The van der Waals surface area contributed by atoms with Crippen molar-refractivity contribution in [2.45, 2.75) is 18.4 Å². The molecule has 0 bridgehead atoms. The van der Waals surface area contributed by atoms with Crippen LogP contribution in [0, 0.1) is 0 Å². The van der Waals surface area contributed by atoms with E-state index in [1.165, 1.54) is 13.2 Å². The van der Waals surface area contributed by atoms with Crippen molar-refractivity contribution in [1.29, 1.82) is 0 Å². The topological polar surface area (TPSA) is 150 Å². The van der Waals surface area contributed by atoms with Crippen LogP contribution in [0.3, 0.4) is 0 Å². The number of carbonyl (C=O) groups is 3. The van der Waals surface area contributed by atoms with E-state index in [4.69, 9.17) is 31.6 Å². The summed E-state index contributed by atoms with van der Waals surface area (Å²) in [5.41, 5.74) is 4.27. The normalized spacial score (nSPS) is 17.1. The van der Waals surface area contributed by atoms with E-state index in [0.29, 0.717) is 16.3 Å². The van der Waals surface area contributed by atoms with Crippen molar-refractivity contribution in [3.8, 4) is 11.5 Å². The van der Waals surface area contributed by atoms with E-state index < -0.39 is 29.8 Å². The second-order valence-electron chi connectivity index (χ2n) is 6.92. The van der Waals surface area contributed by atoms with Gasteiger partial charge in [-0.15, -0.1) is 0 Å². The molecule has 11 heteroatoms. The van der Waals surface area contributed by atoms with Crippen LogP contribution in [0.4, 0.5) is 5.69 Å². The maximum atomic E-state index is 13.2. The molecule has 0 saturated carbocycles. The third-order valence-electron chi connectivity index (χ3n) is 4.61. The molecule has 1 atom stereocenters. The summed E-state index contributed by atoms with van der Waals surface area (Å²) in [6, 6.07) is 11.2. The largest absolute Gasteiger partial charge is 0.495 e. The average Bonchev–Trinajstić information content (AvgIpc) is 3.17. The van der Waals surface area contributed by atoms with Gasteiger partial charge in [-0.25, -0.2) is 0 Å². The summed E-state index contributed by atoms with van der Waals surface area (Å²) in [5, 5.41) is 16.3. The van der Waals surface area contributed by atoms with Crippen LogP contribution >= 0.6 is 11.6 Å². The Morgan fingerprint density at radius 3 is 2.69 bits per heavy atom. The number of nitrogens with zero attached hydrogens (tertiary/aromatic N) is 1. The molecule has 2 aromatic carbocycles. The zero-order valence-corrected chi connectivity index (χ0v) is 17.7. The Morgan fingerprint density at radius 2 is 2.00 bits per heavy atom. The fourth-order valence-electron chi connectivity index (χ4n) is 3.16.